The second kappa shape index (κ2) is 12.0. The molecule has 0 fully saturated rings. The van der Waals surface area contributed by atoms with E-state index >= 15 is 0 Å². The lowest BCUT2D eigenvalue weighted by atomic mass is 9.90. The summed E-state index contributed by atoms with van der Waals surface area (Å²) in [6.45, 7) is 12.7. The highest BCUT2D eigenvalue weighted by atomic mass is 32.2. The van der Waals surface area contributed by atoms with E-state index in [1.807, 2.05) is 41.5 Å². The van der Waals surface area contributed by atoms with Gasteiger partial charge in [0.15, 0.2) is 5.78 Å². The van der Waals surface area contributed by atoms with Gasteiger partial charge in [-0.2, -0.15) is 0 Å². The van der Waals surface area contributed by atoms with Crippen LogP contribution in [0.5, 0.6) is 5.75 Å². The molecule has 0 bridgehead atoms. The lowest BCUT2D eigenvalue weighted by Gasteiger charge is -2.27. The van der Waals surface area contributed by atoms with Gasteiger partial charge in [0.2, 0.25) is 0 Å². The summed E-state index contributed by atoms with van der Waals surface area (Å²) in [5.41, 5.74) is 1.07. The number of nitrogens with zero attached hydrogens (tertiary/aromatic N) is 1. The summed E-state index contributed by atoms with van der Waals surface area (Å²) in [7, 11) is 1.58. The summed E-state index contributed by atoms with van der Waals surface area (Å²) in [4.78, 5) is 38.9. The van der Waals surface area contributed by atoms with E-state index < -0.39 is 39.6 Å². The highest BCUT2D eigenvalue weighted by molar-refractivity contribution is 7.90. The molecule has 1 unspecified atom stereocenters. The fourth-order valence-electron chi connectivity index (χ4n) is 3.83. The molecule has 40 heavy (non-hydrogen) atoms. The summed E-state index contributed by atoms with van der Waals surface area (Å²) in [5.74, 6) is -0.692. The lowest BCUT2D eigenvalue weighted by Crippen LogP contribution is -2.42. The molecule has 3 rings (SSSR count). The minimum atomic E-state index is -1.45. The first kappa shape index (κ1) is 31.1. The Labute approximate surface area is 237 Å². The third kappa shape index (κ3) is 7.80. The maximum Gasteiger partial charge on any atom is 0.413 e. The number of ether oxygens (including phenoxy) is 1. The number of carbonyl (C=O) groups excluding carboxylic acids is 2. The Hall–Kier alpha value is -3.47. The molecule has 8 nitrogen and oxygen atoms in total. The van der Waals surface area contributed by atoms with Crippen molar-refractivity contribution in [1.29, 1.82) is 0 Å². The molecule has 0 saturated carbocycles. The number of amides is 1. The van der Waals surface area contributed by atoms with Crippen molar-refractivity contribution in [3.8, 4) is 16.9 Å². The first-order valence-corrected chi connectivity index (χ1v) is 13.9. The van der Waals surface area contributed by atoms with Gasteiger partial charge >= 0.3 is 6.09 Å². The van der Waals surface area contributed by atoms with Gasteiger partial charge in [-0.3, -0.25) is 9.59 Å². The molecule has 0 aliphatic rings. The van der Waals surface area contributed by atoms with E-state index in [2.05, 4.69) is 10.0 Å². The van der Waals surface area contributed by atoms with Crippen molar-refractivity contribution in [2.24, 2.45) is 7.05 Å². The van der Waals surface area contributed by atoms with Crippen LogP contribution in [0.2, 0.25) is 0 Å². The minimum absolute atomic E-state index is 0.172. The lowest BCUT2D eigenvalue weighted by molar-refractivity contribution is 0.103. The summed E-state index contributed by atoms with van der Waals surface area (Å²) in [6.07, 6.45) is 0.915. The zero-order chi connectivity index (χ0) is 30.0. The van der Waals surface area contributed by atoms with Crippen LogP contribution in [0.25, 0.3) is 11.1 Å². The largest absolute Gasteiger partial charge is 0.598 e. The molecule has 0 aliphatic carbocycles. The van der Waals surface area contributed by atoms with Crippen molar-refractivity contribution >= 4 is 23.2 Å². The van der Waals surface area contributed by atoms with E-state index in [9.17, 15) is 23.3 Å². The predicted octanol–water partition coefficient (Wildman–Crippen LogP) is 5.42. The fourth-order valence-corrected chi connectivity index (χ4v) is 4.63. The maximum atomic E-state index is 13.6. The van der Waals surface area contributed by atoms with Gasteiger partial charge in [0.05, 0.1) is 6.04 Å². The van der Waals surface area contributed by atoms with E-state index in [1.165, 1.54) is 47.0 Å². The average Bonchev–Trinajstić information content (AvgIpc) is 2.83. The quantitative estimate of drug-likeness (QED) is 0.290. The first-order chi connectivity index (χ1) is 18.5. The zero-order valence-electron chi connectivity index (χ0n) is 24.0. The Bertz CT molecular complexity index is 1460. The van der Waals surface area contributed by atoms with E-state index in [4.69, 9.17) is 4.74 Å². The predicted molar refractivity (Wildman–Crippen MR) is 155 cm³/mol. The number of ketones is 1. The maximum absolute atomic E-state index is 13.6. The topological polar surface area (TPSA) is 112 Å². The number of aryl methyl sites for hydroxylation is 1. The molecule has 0 saturated heterocycles. The number of pyridine rings is 1. The van der Waals surface area contributed by atoms with Crippen molar-refractivity contribution in [3.05, 3.63) is 87.6 Å². The molecule has 0 aliphatic heterocycles. The van der Waals surface area contributed by atoms with Crippen molar-refractivity contribution in [2.45, 2.75) is 64.8 Å². The van der Waals surface area contributed by atoms with E-state index in [1.54, 1.807) is 26.2 Å². The highest BCUT2D eigenvalue weighted by Crippen LogP contribution is 2.35. The molecule has 1 heterocycles. The number of halogens is 1. The van der Waals surface area contributed by atoms with Gasteiger partial charge in [0.25, 0.3) is 5.56 Å². The molecule has 2 atom stereocenters. The van der Waals surface area contributed by atoms with Crippen LogP contribution in [0.15, 0.2) is 59.5 Å². The second-order valence-corrected chi connectivity index (χ2v) is 13.6. The van der Waals surface area contributed by atoms with Gasteiger partial charge in [-0.25, -0.2) is 9.18 Å². The number of nitrogens with one attached hydrogen (secondary N) is 2. The van der Waals surface area contributed by atoms with Crippen molar-refractivity contribution < 1.29 is 23.3 Å². The number of hydrogen-bond donors (Lipinski definition) is 2. The van der Waals surface area contributed by atoms with Crippen LogP contribution < -0.4 is 20.3 Å². The Balaban J connectivity index is 2.21. The Morgan fingerprint density at radius 2 is 1.62 bits per heavy atom. The number of hydrogen-bond acceptors (Lipinski definition) is 6. The van der Waals surface area contributed by atoms with E-state index in [0.717, 1.165) is 0 Å². The van der Waals surface area contributed by atoms with Gasteiger partial charge in [0.1, 0.15) is 16.3 Å². The van der Waals surface area contributed by atoms with Crippen LogP contribution in [-0.4, -0.2) is 31.3 Å². The molecule has 0 spiro atoms. The molecule has 2 aromatic carbocycles. The third-order valence-electron chi connectivity index (χ3n) is 5.89. The average molecular weight is 570 g/mol. The van der Waals surface area contributed by atoms with Gasteiger partial charge in [-0.15, -0.1) is 4.72 Å². The molecule has 0 radical (unpaired) electrons. The molecule has 1 aromatic heterocycles. The molecular weight excluding hydrogens is 533 g/mol. The fraction of sp³-hybridized carbons (Fsp3) is 0.367. The van der Waals surface area contributed by atoms with Gasteiger partial charge in [0, 0.05) is 52.9 Å². The standard InChI is InChI=1S/C30H36FN3O5S/c1-18(33-40(38)30(5,6)7)23-16-26(35)34(8)17-25(23)24-15-21(39-28(37)32-29(2,3)4)13-14-22(24)27(36)19-9-11-20(31)12-10-19/h9-18,33H,1-8H3,(H,32,37)/t18-,40?/m0/s1. The van der Waals surface area contributed by atoms with Crippen LogP contribution in [0, 0.1) is 5.82 Å². The van der Waals surface area contributed by atoms with Crippen LogP contribution in [0.3, 0.4) is 0 Å². The van der Waals surface area contributed by atoms with Crippen molar-refractivity contribution in [3.63, 3.8) is 0 Å². The van der Waals surface area contributed by atoms with Crippen molar-refractivity contribution in [1.82, 2.24) is 14.6 Å². The second-order valence-electron chi connectivity index (χ2n) is 11.6. The molecule has 3 aromatic rings. The van der Waals surface area contributed by atoms with Crippen molar-refractivity contribution in [2.75, 3.05) is 0 Å². The summed E-state index contributed by atoms with van der Waals surface area (Å²) < 4.78 is 35.9. The Kier molecular flexibility index (Phi) is 9.28. The smallest absolute Gasteiger partial charge is 0.413 e. The van der Waals surface area contributed by atoms with Crippen LogP contribution >= 0.6 is 0 Å². The summed E-state index contributed by atoms with van der Waals surface area (Å²) >= 11 is -1.45. The summed E-state index contributed by atoms with van der Waals surface area (Å²) in [6, 6.07) is 10.6. The molecule has 1 amide bonds. The van der Waals surface area contributed by atoms with E-state index in [0.29, 0.717) is 16.7 Å². The third-order valence-corrected chi connectivity index (χ3v) is 7.57. The Morgan fingerprint density at radius 1 is 1.00 bits per heavy atom. The number of aromatic nitrogens is 1. The minimum Gasteiger partial charge on any atom is -0.598 e. The molecular formula is C30H36FN3O5S. The van der Waals surface area contributed by atoms with Crippen LogP contribution in [0.4, 0.5) is 9.18 Å². The highest BCUT2D eigenvalue weighted by Gasteiger charge is 2.30. The SMILES string of the molecule is C[C@H](N[S+]([O-])C(C)(C)C)c1cc(=O)n(C)cc1-c1cc(OC(=O)NC(C)(C)C)ccc1C(=O)c1ccc(F)cc1. The monoisotopic (exact) mass is 569 g/mol. The van der Waals surface area contributed by atoms with Crippen LogP contribution in [-0.2, 0) is 18.4 Å². The molecule has 10 heteroatoms. The Morgan fingerprint density at radius 3 is 2.20 bits per heavy atom. The normalized spacial score (nSPS) is 13.4. The van der Waals surface area contributed by atoms with E-state index in [-0.39, 0.29) is 28.2 Å². The molecule has 214 valence electrons. The summed E-state index contributed by atoms with van der Waals surface area (Å²) in [5, 5.41) is 2.72. The first-order valence-electron chi connectivity index (χ1n) is 12.8. The van der Waals surface area contributed by atoms with Gasteiger partial charge in [-0.1, -0.05) is 0 Å². The number of benzene rings is 2. The number of carbonyl (C=O) groups is 2. The van der Waals surface area contributed by atoms with Gasteiger partial charge < -0.3 is 19.2 Å². The molecule has 2 N–H and O–H groups in total. The number of rotatable bonds is 7. The van der Waals surface area contributed by atoms with Gasteiger partial charge in [-0.05, 0) is 102 Å². The van der Waals surface area contributed by atoms with Crippen LogP contribution in [0.1, 0.15) is 76.0 Å². The zero-order valence-corrected chi connectivity index (χ0v) is 24.9.